The van der Waals surface area contributed by atoms with Gasteiger partial charge in [-0.05, 0) is 31.2 Å². The number of methoxy groups -OCH3 is 1. The molecule has 0 atom stereocenters. The first-order valence-electron chi connectivity index (χ1n) is 6.02. The molecule has 0 bridgehead atoms. The van der Waals surface area contributed by atoms with E-state index < -0.39 is 0 Å². The van der Waals surface area contributed by atoms with E-state index in [9.17, 15) is 4.79 Å². The summed E-state index contributed by atoms with van der Waals surface area (Å²) in [6, 6.07) is 0. The number of hydrogen-bond donors (Lipinski definition) is 0. The molecule has 0 fully saturated rings. The van der Waals surface area contributed by atoms with Gasteiger partial charge in [-0.3, -0.25) is 4.79 Å². The van der Waals surface area contributed by atoms with E-state index in [1.54, 1.807) is 7.11 Å². The second-order valence-electron chi connectivity index (χ2n) is 4.41. The Hall–Kier alpha value is -1.09. The first kappa shape index (κ1) is 11.4. The van der Waals surface area contributed by atoms with Crippen LogP contribution in [-0.4, -0.2) is 24.1 Å². The molecule has 0 aliphatic heterocycles. The molecular formula is C13H19NO2. The van der Waals surface area contributed by atoms with Crippen molar-refractivity contribution in [3.8, 4) is 0 Å². The van der Waals surface area contributed by atoms with Crippen molar-refractivity contribution >= 4 is 5.78 Å². The number of aryl methyl sites for hydroxylation is 2. The lowest BCUT2D eigenvalue weighted by molar-refractivity contribution is 0.0982. The molecule has 3 heteroatoms. The van der Waals surface area contributed by atoms with E-state index in [-0.39, 0.29) is 0 Å². The summed E-state index contributed by atoms with van der Waals surface area (Å²) in [7, 11) is 1.72. The molecule has 1 heterocycles. The second kappa shape index (κ2) is 5.30. The van der Waals surface area contributed by atoms with E-state index in [2.05, 4.69) is 10.8 Å². The van der Waals surface area contributed by atoms with Crippen LogP contribution in [-0.2, 0) is 17.7 Å². The molecule has 88 valence electrons. The van der Waals surface area contributed by atoms with Gasteiger partial charge in [0, 0.05) is 44.6 Å². The van der Waals surface area contributed by atoms with Crippen molar-refractivity contribution < 1.29 is 9.53 Å². The third-order valence-corrected chi connectivity index (χ3v) is 3.13. The van der Waals surface area contributed by atoms with Crippen molar-refractivity contribution in [2.75, 3.05) is 13.7 Å². The highest BCUT2D eigenvalue weighted by Gasteiger charge is 2.17. The number of Topliss-reactive ketones (excluding diaryl/α,β-unsaturated/α-hetero) is 1. The maximum absolute atomic E-state index is 11.8. The van der Waals surface area contributed by atoms with Crippen LogP contribution in [0.2, 0.25) is 0 Å². The first-order valence-corrected chi connectivity index (χ1v) is 6.02. The number of nitrogens with zero attached hydrogens (tertiary/aromatic N) is 1. The molecule has 1 aliphatic carbocycles. The maximum atomic E-state index is 11.8. The van der Waals surface area contributed by atoms with Gasteiger partial charge in [-0.1, -0.05) is 0 Å². The summed E-state index contributed by atoms with van der Waals surface area (Å²) in [5, 5.41) is 0. The smallest absolute Gasteiger partial charge is 0.164 e. The Bertz CT molecular complexity index is 368. The van der Waals surface area contributed by atoms with Crippen molar-refractivity contribution in [2.24, 2.45) is 0 Å². The van der Waals surface area contributed by atoms with Crippen LogP contribution in [0, 0.1) is 0 Å². The number of carbonyl (C=O) groups is 1. The van der Waals surface area contributed by atoms with Crippen molar-refractivity contribution in [2.45, 2.75) is 38.6 Å². The highest BCUT2D eigenvalue weighted by Crippen LogP contribution is 2.21. The number of ether oxygens (including phenoxy) is 1. The van der Waals surface area contributed by atoms with Crippen LogP contribution in [0.25, 0.3) is 0 Å². The van der Waals surface area contributed by atoms with Crippen LogP contribution in [0.1, 0.15) is 41.6 Å². The number of ketones is 1. The molecule has 0 spiro atoms. The fourth-order valence-corrected chi connectivity index (χ4v) is 2.26. The Morgan fingerprint density at radius 2 is 2.12 bits per heavy atom. The third-order valence-electron chi connectivity index (χ3n) is 3.13. The summed E-state index contributed by atoms with van der Waals surface area (Å²) in [6.07, 6.45) is 9.09. The topological polar surface area (TPSA) is 31.2 Å². The summed E-state index contributed by atoms with van der Waals surface area (Å²) in [5.41, 5.74) is 2.19. The van der Waals surface area contributed by atoms with Crippen LogP contribution in [0.3, 0.4) is 0 Å². The first-order chi connectivity index (χ1) is 7.81. The number of fused-ring (bicyclic) bond motifs is 1. The Morgan fingerprint density at radius 3 is 2.94 bits per heavy atom. The molecule has 0 saturated carbocycles. The summed E-state index contributed by atoms with van der Waals surface area (Å²) in [5.74, 6) is 0.318. The minimum atomic E-state index is 0.318. The number of hydrogen-bond acceptors (Lipinski definition) is 2. The lowest BCUT2D eigenvalue weighted by Crippen LogP contribution is -2.00. The van der Waals surface area contributed by atoms with Gasteiger partial charge in [0.05, 0.1) is 0 Å². The van der Waals surface area contributed by atoms with E-state index in [4.69, 9.17) is 4.74 Å². The Balaban J connectivity index is 2.07. The Labute approximate surface area is 96.4 Å². The fourth-order valence-electron chi connectivity index (χ4n) is 2.26. The van der Waals surface area contributed by atoms with Gasteiger partial charge in [0.15, 0.2) is 5.78 Å². The second-order valence-corrected chi connectivity index (χ2v) is 4.41. The van der Waals surface area contributed by atoms with Gasteiger partial charge < -0.3 is 9.30 Å². The van der Waals surface area contributed by atoms with E-state index >= 15 is 0 Å². The van der Waals surface area contributed by atoms with Gasteiger partial charge in [0.1, 0.15) is 0 Å². The molecule has 1 aromatic rings. The standard InChI is InChI=1S/C13H19NO2/c1-16-8-4-7-14-9-11-5-2-3-6-13(15)12(11)10-14/h9-10H,2-8H2,1H3. The van der Waals surface area contributed by atoms with E-state index in [0.29, 0.717) is 5.78 Å². The van der Waals surface area contributed by atoms with Gasteiger partial charge in [0.25, 0.3) is 0 Å². The van der Waals surface area contributed by atoms with Gasteiger partial charge in [0.2, 0.25) is 0 Å². The minimum Gasteiger partial charge on any atom is -0.385 e. The van der Waals surface area contributed by atoms with Crippen LogP contribution in [0.4, 0.5) is 0 Å². The zero-order valence-corrected chi connectivity index (χ0v) is 9.87. The van der Waals surface area contributed by atoms with Crippen molar-refractivity contribution in [3.05, 3.63) is 23.5 Å². The zero-order chi connectivity index (χ0) is 11.4. The average molecular weight is 221 g/mol. The molecule has 0 aromatic carbocycles. The van der Waals surface area contributed by atoms with Gasteiger partial charge >= 0.3 is 0 Å². The molecule has 0 saturated heterocycles. The zero-order valence-electron chi connectivity index (χ0n) is 9.87. The predicted octanol–water partition coefficient (Wildman–Crippen LogP) is 2.43. The molecular weight excluding hydrogens is 202 g/mol. The lowest BCUT2D eigenvalue weighted by Gasteiger charge is -2.01. The normalized spacial score (nSPS) is 15.9. The molecule has 0 amide bonds. The summed E-state index contributed by atoms with van der Waals surface area (Å²) in [4.78, 5) is 11.8. The monoisotopic (exact) mass is 221 g/mol. The molecule has 0 radical (unpaired) electrons. The predicted molar refractivity (Wildman–Crippen MR) is 62.8 cm³/mol. The van der Waals surface area contributed by atoms with Crippen LogP contribution in [0.5, 0.6) is 0 Å². The average Bonchev–Trinajstić information content (AvgIpc) is 2.61. The quantitative estimate of drug-likeness (QED) is 0.577. The fraction of sp³-hybridized carbons (Fsp3) is 0.615. The summed E-state index contributed by atoms with van der Waals surface area (Å²) < 4.78 is 7.16. The van der Waals surface area contributed by atoms with Gasteiger partial charge in [-0.2, -0.15) is 0 Å². The molecule has 1 aromatic heterocycles. The minimum absolute atomic E-state index is 0.318. The Kier molecular flexibility index (Phi) is 3.78. The van der Waals surface area contributed by atoms with E-state index in [0.717, 1.165) is 50.8 Å². The maximum Gasteiger partial charge on any atom is 0.164 e. The van der Waals surface area contributed by atoms with Crippen LogP contribution in [0.15, 0.2) is 12.4 Å². The van der Waals surface area contributed by atoms with Crippen LogP contribution >= 0.6 is 0 Å². The molecule has 0 N–H and O–H groups in total. The summed E-state index contributed by atoms with van der Waals surface area (Å²) in [6.45, 7) is 1.71. The molecule has 3 nitrogen and oxygen atoms in total. The van der Waals surface area contributed by atoms with Crippen LogP contribution < -0.4 is 0 Å². The van der Waals surface area contributed by atoms with Crippen molar-refractivity contribution in [1.82, 2.24) is 4.57 Å². The third kappa shape index (κ3) is 2.53. The number of carbonyl (C=O) groups excluding carboxylic acids is 1. The highest BCUT2D eigenvalue weighted by atomic mass is 16.5. The SMILES string of the molecule is COCCCn1cc2c(c1)C(=O)CCCC2. The number of aromatic nitrogens is 1. The van der Waals surface area contributed by atoms with E-state index in [1.165, 1.54) is 5.56 Å². The molecule has 2 rings (SSSR count). The van der Waals surface area contributed by atoms with Gasteiger partial charge in [-0.15, -0.1) is 0 Å². The Morgan fingerprint density at radius 1 is 1.31 bits per heavy atom. The lowest BCUT2D eigenvalue weighted by atomic mass is 10.1. The molecule has 1 aliphatic rings. The molecule has 0 unspecified atom stereocenters. The van der Waals surface area contributed by atoms with Gasteiger partial charge in [-0.25, -0.2) is 0 Å². The largest absolute Gasteiger partial charge is 0.385 e. The van der Waals surface area contributed by atoms with E-state index in [1.807, 2.05) is 6.20 Å². The summed E-state index contributed by atoms with van der Waals surface area (Å²) >= 11 is 0. The molecule has 16 heavy (non-hydrogen) atoms. The number of rotatable bonds is 4. The highest BCUT2D eigenvalue weighted by molar-refractivity contribution is 5.97. The van der Waals surface area contributed by atoms with Crippen molar-refractivity contribution in [3.63, 3.8) is 0 Å². The van der Waals surface area contributed by atoms with Crippen molar-refractivity contribution in [1.29, 1.82) is 0 Å².